The minimum absolute atomic E-state index is 0.0723. The van der Waals surface area contributed by atoms with Crippen molar-refractivity contribution < 1.29 is 8.78 Å². The zero-order chi connectivity index (χ0) is 14.5. The zero-order valence-corrected chi connectivity index (χ0v) is 12.6. The Morgan fingerprint density at radius 1 is 0.765 bits per heavy atom. The fourth-order valence-electron chi connectivity index (χ4n) is 0.846. The Balaban J connectivity index is -0.000000285. The van der Waals surface area contributed by atoms with Crippen LogP contribution in [0.25, 0.3) is 0 Å². The van der Waals surface area contributed by atoms with Gasteiger partial charge in [-0.1, -0.05) is 71.4 Å². The second-order valence-electron chi connectivity index (χ2n) is 2.75. The topological polar surface area (TPSA) is 0 Å². The summed E-state index contributed by atoms with van der Waals surface area (Å²) in [6.07, 6.45) is 0. The van der Waals surface area contributed by atoms with Crippen LogP contribution in [0.2, 0.25) is 0 Å². The Bertz CT molecular complexity index is 232. The average molecular weight is 246 g/mol. The van der Waals surface area contributed by atoms with E-state index in [0.29, 0.717) is 0 Å². The lowest BCUT2D eigenvalue weighted by Gasteiger charge is -2.09. The molecule has 1 aromatic carbocycles. The Hall–Kier alpha value is -0.920. The standard InChI is InChI=1S/C9H10F2.3C2H6/c1-7-3-5-8(6-4-7)9(2,10)11;3*1-2/h3-6H,1-2H3;3*1-2H3. The van der Waals surface area contributed by atoms with Gasteiger partial charge >= 0.3 is 0 Å². The fourth-order valence-corrected chi connectivity index (χ4v) is 0.846. The van der Waals surface area contributed by atoms with Gasteiger partial charge in [-0.15, -0.1) is 0 Å². The lowest BCUT2D eigenvalue weighted by molar-refractivity contribution is 0.0175. The smallest absolute Gasteiger partial charge is 0.202 e. The van der Waals surface area contributed by atoms with E-state index in [1.165, 1.54) is 12.1 Å². The molecule has 0 atom stereocenters. The third kappa shape index (κ3) is 11.3. The van der Waals surface area contributed by atoms with Crippen molar-refractivity contribution in [3.63, 3.8) is 0 Å². The number of benzene rings is 1. The molecule has 0 radical (unpaired) electrons. The van der Waals surface area contributed by atoms with E-state index in [1.807, 2.05) is 48.5 Å². The molecule has 1 rings (SSSR count). The molecule has 0 aliphatic carbocycles. The second kappa shape index (κ2) is 13.1. The van der Waals surface area contributed by atoms with Crippen LogP contribution in [0.5, 0.6) is 0 Å². The Morgan fingerprint density at radius 3 is 1.29 bits per heavy atom. The van der Waals surface area contributed by atoms with Gasteiger partial charge in [0.2, 0.25) is 0 Å². The van der Waals surface area contributed by atoms with Crippen LogP contribution in [-0.4, -0.2) is 0 Å². The molecule has 0 aliphatic rings. The first-order valence-electron chi connectivity index (χ1n) is 6.45. The summed E-state index contributed by atoms with van der Waals surface area (Å²) in [6, 6.07) is 6.28. The Labute approximate surface area is 106 Å². The molecule has 0 aromatic heterocycles. The highest BCUT2D eigenvalue weighted by Gasteiger charge is 2.23. The quantitative estimate of drug-likeness (QED) is 0.554. The van der Waals surface area contributed by atoms with Crippen LogP contribution in [0, 0.1) is 6.92 Å². The number of rotatable bonds is 1. The SMILES string of the molecule is CC.CC.CC.Cc1ccc(C(C)(F)F)cc1. The highest BCUT2D eigenvalue weighted by atomic mass is 19.3. The molecule has 1 aromatic rings. The normalized spacial score (nSPS) is 8.59. The van der Waals surface area contributed by atoms with Crippen molar-refractivity contribution >= 4 is 0 Å². The van der Waals surface area contributed by atoms with E-state index in [1.54, 1.807) is 12.1 Å². The number of hydrogen-bond donors (Lipinski definition) is 0. The van der Waals surface area contributed by atoms with Crippen LogP contribution in [0.1, 0.15) is 59.6 Å². The van der Waals surface area contributed by atoms with E-state index < -0.39 is 5.92 Å². The first-order valence-corrected chi connectivity index (χ1v) is 6.45. The van der Waals surface area contributed by atoms with Crippen LogP contribution in [0.15, 0.2) is 24.3 Å². The molecule has 0 aliphatic heterocycles. The first kappa shape index (κ1) is 21.4. The molecule has 0 N–H and O–H groups in total. The van der Waals surface area contributed by atoms with Gasteiger partial charge in [-0.25, -0.2) is 8.78 Å². The number of hydrogen-bond acceptors (Lipinski definition) is 0. The molecular weight excluding hydrogens is 218 g/mol. The van der Waals surface area contributed by atoms with Crippen LogP contribution < -0.4 is 0 Å². The Kier molecular flexibility index (Phi) is 16.5. The van der Waals surface area contributed by atoms with Crippen molar-refractivity contribution in [1.82, 2.24) is 0 Å². The van der Waals surface area contributed by atoms with Crippen molar-refractivity contribution in [1.29, 1.82) is 0 Å². The summed E-state index contributed by atoms with van der Waals surface area (Å²) in [6.45, 7) is 14.8. The lowest BCUT2D eigenvalue weighted by Crippen LogP contribution is -2.06. The van der Waals surface area contributed by atoms with Crippen molar-refractivity contribution in [3.05, 3.63) is 35.4 Å². The van der Waals surface area contributed by atoms with Crippen LogP contribution in [0.3, 0.4) is 0 Å². The van der Waals surface area contributed by atoms with Gasteiger partial charge in [0.05, 0.1) is 0 Å². The molecule has 0 heterocycles. The van der Waals surface area contributed by atoms with Gasteiger partial charge in [0.25, 0.3) is 5.92 Å². The van der Waals surface area contributed by atoms with Gasteiger partial charge in [0.15, 0.2) is 0 Å². The summed E-state index contributed by atoms with van der Waals surface area (Å²) in [5.74, 6) is -2.71. The molecule has 0 nitrogen and oxygen atoms in total. The largest absolute Gasteiger partial charge is 0.270 e. The molecule has 17 heavy (non-hydrogen) atoms. The van der Waals surface area contributed by atoms with Crippen molar-refractivity contribution in [2.45, 2.75) is 61.3 Å². The van der Waals surface area contributed by atoms with Gasteiger partial charge in [-0.3, -0.25) is 0 Å². The maximum Gasteiger partial charge on any atom is 0.270 e. The maximum absolute atomic E-state index is 12.6. The van der Waals surface area contributed by atoms with E-state index >= 15 is 0 Å². The number of halogens is 2. The van der Waals surface area contributed by atoms with E-state index in [2.05, 4.69) is 0 Å². The zero-order valence-electron chi connectivity index (χ0n) is 12.6. The summed E-state index contributed by atoms with van der Waals surface area (Å²) in [4.78, 5) is 0. The van der Waals surface area contributed by atoms with E-state index in [4.69, 9.17) is 0 Å². The first-order chi connectivity index (χ1) is 8.00. The molecule has 0 fully saturated rings. The van der Waals surface area contributed by atoms with Crippen molar-refractivity contribution in [2.75, 3.05) is 0 Å². The van der Waals surface area contributed by atoms with Gasteiger partial charge in [0.1, 0.15) is 0 Å². The molecule has 0 spiro atoms. The van der Waals surface area contributed by atoms with Gasteiger partial charge in [-0.2, -0.15) is 0 Å². The minimum atomic E-state index is -2.71. The molecular formula is C15H28F2. The van der Waals surface area contributed by atoms with Crippen LogP contribution >= 0.6 is 0 Å². The maximum atomic E-state index is 12.6. The number of alkyl halides is 2. The summed E-state index contributed by atoms with van der Waals surface area (Å²) in [7, 11) is 0. The Morgan fingerprint density at radius 2 is 1.06 bits per heavy atom. The molecule has 0 amide bonds. The third-order valence-electron chi connectivity index (χ3n) is 1.56. The average Bonchev–Trinajstić information content (AvgIpc) is 2.36. The third-order valence-corrected chi connectivity index (χ3v) is 1.56. The molecule has 0 saturated heterocycles. The van der Waals surface area contributed by atoms with E-state index in [0.717, 1.165) is 12.5 Å². The van der Waals surface area contributed by atoms with Crippen molar-refractivity contribution in [3.8, 4) is 0 Å². The number of aryl methyl sites for hydroxylation is 1. The van der Waals surface area contributed by atoms with Crippen molar-refractivity contribution in [2.24, 2.45) is 0 Å². The highest BCUT2D eigenvalue weighted by molar-refractivity contribution is 5.24. The highest BCUT2D eigenvalue weighted by Crippen LogP contribution is 2.26. The molecule has 0 saturated carbocycles. The van der Waals surface area contributed by atoms with E-state index in [-0.39, 0.29) is 5.56 Å². The minimum Gasteiger partial charge on any atom is -0.202 e. The predicted octanol–water partition coefficient (Wildman–Crippen LogP) is 6.19. The van der Waals surface area contributed by atoms with Crippen LogP contribution in [-0.2, 0) is 5.92 Å². The summed E-state index contributed by atoms with van der Waals surface area (Å²) < 4.78 is 25.2. The summed E-state index contributed by atoms with van der Waals surface area (Å²) >= 11 is 0. The van der Waals surface area contributed by atoms with Gasteiger partial charge in [-0.05, 0) is 6.92 Å². The molecule has 2 heteroatoms. The van der Waals surface area contributed by atoms with E-state index in [9.17, 15) is 8.78 Å². The lowest BCUT2D eigenvalue weighted by atomic mass is 10.1. The molecule has 0 bridgehead atoms. The predicted molar refractivity (Wildman–Crippen MR) is 74.8 cm³/mol. The monoisotopic (exact) mass is 246 g/mol. The second-order valence-corrected chi connectivity index (χ2v) is 2.75. The summed E-state index contributed by atoms with van der Waals surface area (Å²) in [5, 5.41) is 0. The fraction of sp³-hybridized carbons (Fsp3) is 0.600. The molecule has 0 unspecified atom stereocenters. The summed E-state index contributed by atoms with van der Waals surface area (Å²) in [5.41, 5.74) is 1.07. The molecule has 102 valence electrons. The van der Waals surface area contributed by atoms with Gasteiger partial charge in [0, 0.05) is 12.5 Å². The van der Waals surface area contributed by atoms with Gasteiger partial charge < -0.3 is 0 Å². The van der Waals surface area contributed by atoms with Crippen LogP contribution in [0.4, 0.5) is 8.78 Å².